The maximum atomic E-state index is 12.7. The van der Waals surface area contributed by atoms with Crippen LogP contribution < -0.4 is 5.32 Å². The average Bonchev–Trinajstić information content (AvgIpc) is 2.76. The van der Waals surface area contributed by atoms with Crippen LogP contribution >= 0.6 is 0 Å². The van der Waals surface area contributed by atoms with Crippen molar-refractivity contribution in [2.24, 2.45) is 0 Å². The Morgan fingerprint density at radius 3 is 2.31 bits per heavy atom. The van der Waals surface area contributed by atoms with E-state index in [1.165, 1.54) is 0 Å². The molecule has 0 bridgehead atoms. The minimum Gasteiger partial charge on any atom is -0.445 e. The summed E-state index contributed by atoms with van der Waals surface area (Å²) in [6.07, 6.45) is 2.44. The highest BCUT2D eigenvalue weighted by Gasteiger charge is 2.22. The SMILES string of the molecule is C=Cc1ccc(CN(CCCCNC(=O)OCc2ccccc2)C(=O)OC(C)(C)C)cc1. The molecule has 0 atom stereocenters. The summed E-state index contributed by atoms with van der Waals surface area (Å²) in [7, 11) is 0. The lowest BCUT2D eigenvalue weighted by Gasteiger charge is -2.27. The number of benzene rings is 2. The second-order valence-corrected chi connectivity index (χ2v) is 8.54. The Bertz CT molecular complexity index is 858. The molecule has 0 unspecified atom stereocenters. The van der Waals surface area contributed by atoms with Crippen molar-refractivity contribution in [2.75, 3.05) is 13.1 Å². The van der Waals surface area contributed by atoms with E-state index in [1.807, 2.05) is 75.4 Å². The third kappa shape index (κ3) is 9.69. The van der Waals surface area contributed by atoms with Gasteiger partial charge in [0.15, 0.2) is 0 Å². The minimum atomic E-state index is -0.563. The number of amides is 2. The number of hydrogen-bond donors (Lipinski definition) is 1. The Labute approximate surface area is 191 Å². The fourth-order valence-electron chi connectivity index (χ4n) is 2.93. The highest BCUT2D eigenvalue weighted by atomic mass is 16.6. The summed E-state index contributed by atoms with van der Waals surface area (Å²) >= 11 is 0. The number of carbonyl (C=O) groups excluding carboxylic acids is 2. The summed E-state index contributed by atoms with van der Waals surface area (Å²) in [5.41, 5.74) is 2.43. The number of unbranched alkanes of at least 4 members (excludes halogenated alkanes) is 1. The lowest BCUT2D eigenvalue weighted by molar-refractivity contribution is 0.0230. The van der Waals surface area contributed by atoms with Crippen LogP contribution in [-0.2, 0) is 22.6 Å². The number of ether oxygens (including phenoxy) is 2. The molecule has 2 rings (SSSR count). The second kappa shape index (κ2) is 12.5. The van der Waals surface area contributed by atoms with Crippen LogP contribution in [-0.4, -0.2) is 35.8 Å². The van der Waals surface area contributed by atoms with Gasteiger partial charge in [0, 0.05) is 19.6 Å². The second-order valence-electron chi connectivity index (χ2n) is 8.54. The van der Waals surface area contributed by atoms with Crippen LogP contribution in [0.25, 0.3) is 6.08 Å². The van der Waals surface area contributed by atoms with E-state index in [2.05, 4.69) is 11.9 Å². The first kappa shape index (κ1) is 25.0. The van der Waals surface area contributed by atoms with E-state index in [1.54, 1.807) is 11.0 Å². The molecule has 1 N–H and O–H groups in total. The van der Waals surface area contributed by atoms with Crippen LogP contribution in [0, 0.1) is 0 Å². The van der Waals surface area contributed by atoms with Gasteiger partial charge in [-0.2, -0.15) is 0 Å². The number of alkyl carbamates (subject to hydrolysis) is 1. The third-order valence-corrected chi connectivity index (χ3v) is 4.58. The van der Waals surface area contributed by atoms with Crippen molar-refractivity contribution < 1.29 is 19.1 Å². The first-order chi connectivity index (χ1) is 15.3. The van der Waals surface area contributed by atoms with Crippen LogP contribution in [0.1, 0.15) is 50.3 Å². The maximum Gasteiger partial charge on any atom is 0.410 e. The van der Waals surface area contributed by atoms with Crippen molar-refractivity contribution in [3.8, 4) is 0 Å². The lowest BCUT2D eigenvalue weighted by Crippen LogP contribution is -2.37. The standard InChI is InChI=1S/C26H34N2O4/c1-5-21-13-15-22(16-14-21)19-28(25(30)32-26(2,3)4)18-10-9-17-27-24(29)31-20-23-11-7-6-8-12-23/h5-8,11-16H,1,9-10,17-20H2,2-4H3,(H,27,29). The van der Waals surface area contributed by atoms with Crippen molar-refractivity contribution >= 4 is 18.3 Å². The zero-order chi connectivity index (χ0) is 23.4. The van der Waals surface area contributed by atoms with Gasteiger partial charge in [-0.15, -0.1) is 0 Å². The molecular weight excluding hydrogens is 404 g/mol. The van der Waals surface area contributed by atoms with E-state index in [-0.39, 0.29) is 12.7 Å². The summed E-state index contributed by atoms with van der Waals surface area (Å²) in [5, 5.41) is 2.75. The maximum absolute atomic E-state index is 12.7. The smallest absolute Gasteiger partial charge is 0.410 e. The molecule has 2 aromatic rings. The van der Waals surface area contributed by atoms with Crippen LogP contribution in [0.2, 0.25) is 0 Å². The van der Waals surface area contributed by atoms with E-state index < -0.39 is 11.7 Å². The largest absolute Gasteiger partial charge is 0.445 e. The zero-order valence-corrected chi connectivity index (χ0v) is 19.3. The van der Waals surface area contributed by atoms with Gasteiger partial charge in [-0.25, -0.2) is 9.59 Å². The van der Waals surface area contributed by atoms with Gasteiger partial charge in [0.25, 0.3) is 0 Å². The summed E-state index contributed by atoms with van der Waals surface area (Å²) in [6.45, 7) is 11.0. The molecule has 0 fully saturated rings. The molecule has 0 aliphatic carbocycles. The summed E-state index contributed by atoms with van der Waals surface area (Å²) in [6, 6.07) is 17.5. The Kier molecular flexibility index (Phi) is 9.79. The highest BCUT2D eigenvalue weighted by Crippen LogP contribution is 2.14. The molecule has 0 aliphatic heterocycles. The van der Waals surface area contributed by atoms with Gasteiger partial charge in [0.05, 0.1) is 0 Å². The van der Waals surface area contributed by atoms with Gasteiger partial charge in [0.2, 0.25) is 0 Å². The topological polar surface area (TPSA) is 67.9 Å². The van der Waals surface area contributed by atoms with Gasteiger partial charge in [-0.3, -0.25) is 0 Å². The van der Waals surface area contributed by atoms with Crippen LogP contribution in [0.15, 0.2) is 61.2 Å². The molecule has 0 radical (unpaired) electrons. The molecule has 172 valence electrons. The molecule has 32 heavy (non-hydrogen) atoms. The molecule has 2 aromatic carbocycles. The highest BCUT2D eigenvalue weighted by molar-refractivity contribution is 5.68. The molecule has 6 nitrogen and oxygen atoms in total. The van der Waals surface area contributed by atoms with Crippen LogP contribution in [0.4, 0.5) is 9.59 Å². The Morgan fingerprint density at radius 2 is 1.69 bits per heavy atom. The lowest BCUT2D eigenvalue weighted by atomic mass is 10.1. The number of nitrogens with one attached hydrogen (secondary N) is 1. The minimum absolute atomic E-state index is 0.240. The number of carbonyl (C=O) groups is 2. The molecule has 0 heterocycles. The van der Waals surface area contributed by atoms with Gasteiger partial charge < -0.3 is 19.7 Å². The van der Waals surface area contributed by atoms with Crippen molar-refractivity contribution in [3.05, 3.63) is 77.9 Å². The first-order valence-corrected chi connectivity index (χ1v) is 10.9. The van der Waals surface area contributed by atoms with E-state index in [9.17, 15) is 9.59 Å². The van der Waals surface area contributed by atoms with Crippen molar-refractivity contribution in [1.82, 2.24) is 10.2 Å². The summed E-state index contributed by atoms with van der Waals surface area (Å²) < 4.78 is 10.8. The Balaban J connectivity index is 1.78. The molecule has 2 amide bonds. The summed E-state index contributed by atoms with van der Waals surface area (Å²) in [5.74, 6) is 0. The zero-order valence-electron chi connectivity index (χ0n) is 19.3. The average molecular weight is 439 g/mol. The monoisotopic (exact) mass is 438 g/mol. The Morgan fingerprint density at radius 1 is 1.00 bits per heavy atom. The van der Waals surface area contributed by atoms with Gasteiger partial charge in [-0.1, -0.05) is 67.3 Å². The normalized spacial score (nSPS) is 10.8. The first-order valence-electron chi connectivity index (χ1n) is 10.9. The predicted molar refractivity (Wildman–Crippen MR) is 127 cm³/mol. The quantitative estimate of drug-likeness (QED) is 0.478. The third-order valence-electron chi connectivity index (χ3n) is 4.58. The van der Waals surface area contributed by atoms with E-state index in [0.29, 0.717) is 19.6 Å². The van der Waals surface area contributed by atoms with E-state index >= 15 is 0 Å². The molecule has 0 aromatic heterocycles. The van der Waals surface area contributed by atoms with E-state index in [0.717, 1.165) is 29.5 Å². The number of nitrogens with zero attached hydrogens (tertiary/aromatic N) is 1. The fraction of sp³-hybridized carbons (Fsp3) is 0.385. The van der Waals surface area contributed by atoms with Gasteiger partial charge in [0.1, 0.15) is 12.2 Å². The predicted octanol–water partition coefficient (Wildman–Crippen LogP) is 5.77. The van der Waals surface area contributed by atoms with Gasteiger partial charge >= 0.3 is 12.2 Å². The van der Waals surface area contributed by atoms with Crippen molar-refractivity contribution in [3.63, 3.8) is 0 Å². The van der Waals surface area contributed by atoms with Crippen molar-refractivity contribution in [2.45, 2.75) is 52.4 Å². The Hall–Kier alpha value is -3.28. The molecule has 0 aliphatic rings. The van der Waals surface area contributed by atoms with Gasteiger partial charge in [-0.05, 0) is 50.3 Å². The number of rotatable bonds is 10. The van der Waals surface area contributed by atoms with Crippen LogP contribution in [0.5, 0.6) is 0 Å². The fourth-order valence-corrected chi connectivity index (χ4v) is 2.93. The molecule has 0 saturated heterocycles. The molecular formula is C26H34N2O4. The molecule has 6 heteroatoms. The van der Waals surface area contributed by atoms with Crippen LogP contribution in [0.3, 0.4) is 0 Å². The van der Waals surface area contributed by atoms with E-state index in [4.69, 9.17) is 9.47 Å². The number of hydrogen-bond acceptors (Lipinski definition) is 4. The molecule has 0 saturated carbocycles. The summed E-state index contributed by atoms with van der Waals surface area (Å²) in [4.78, 5) is 26.2. The molecule has 0 spiro atoms. The van der Waals surface area contributed by atoms with Crippen molar-refractivity contribution in [1.29, 1.82) is 0 Å².